The van der Waals surface area contributed by atoms with Crippen molar-refractivity contribution in [3.63, 3.8) is 0 Å². The van der Waals surface area contributed by atoms with E-state index in [2.05, 4.69) is 39.9 Å². The van der Waals surface area contributed by atoms with Gasteiger partial charge in [0, 0.05) is 20.1 Å². The maximum absolute atomic E-state index is 5.48. The van der Waals surface area contributed by atoms with Crippen LogP contribution in [0.2, 0.25) is 0 Å². The highest BCUT2D eigenvalue weighted by molar-refractivity contribution is 5.85. The first-order chi connectivity index (χ1) is 13.1. The van der Waals surface area contributed by atoms with Crippen LogP contribution in [-0.2, 0) is 11.3 Å². The van der Waals surface area contributed by atoms with Crippen molar-refractivity contribution in [3.8, 4) is 0 Å². The minimum absolute atomic E-state index is 0. The Balaban J connectivity index is 0.00000280. The summed E-state index contributed by atoms with van der Waals surface area (Å²) in [6.07, 6.45) is 2.72. The monoisotopic (exact) mass is 400 g/mol. The van der Waals surface area contributed by atoms with Crippen molar-refractivity contribution in [2.75, 3.05) is 14.1 Å². The summed E-state index contributed by atoms with van der Waals surface area (Å²) in [5, 5.41) is 10.3. The van der Waals surface area contributed by atoms with Crippen molar-refractivity contribution in [3.05, 3.63) is 78.3 Å². The van der Waals surface area contributed by atoms with Gasteiger partial charge in [-0.15, -0.1) is 22.6 Å². The average molecular weight is 401 g/mol. The number of hydrogen-bond acceptors (Lipinski definition) is 5. The summed E-state index contributed by atoms with van der Waals surface area (Å²) in [7, 11) is 3.73. The van der Waals surface area contributed by atoms with E-state index in [0.29, 0.717) is 11.8 Å². The summed E-state index contributed by atoms with van der Waals surface area (Å²) < 4.78 is 0. The molecule has 3 rings (SSSR count). The molecule has 1 aliphatic heterocycles. The lowest BCUT2D eigenvalue weighted by Crippen LogP contribution is -2.37. The zero-order chi connectivity index (χ0) is 19.1. The van der Waals surface area contributed by atoms with Crippen LogP contribution in [0, 0.1) is 0 Å². The highest BCUT2D eigenvalue weighted by Gasteiger charge is 2.20. The van der Waals surface area contributed by atoms with Crippen LogP contribution in [0.3, 0.4) is 0 Å². The molecule has 1 heterocycles. The molecule has 0 amide bonds. The molecule has 8 heteroatoms. The molecule has 0 bridgehead atoms. The number of nitrogens with one attached hydrogen (secondary N) is 1. The van der Waals surface area contributed by atoms with E-state index in [-0.39, 0.29) is 18.4 Å². The molecule has 0 spiro atoms. The molecule has 0 aromatic heterocycles. The van der Waals surface area contributed by atoms with Gasteiger partial charge in [-0.25, -0.2) is 0 Å². The quantitative estimate of drug-likeness (QED) is 0.462. The van der Waals surface area contributed by atoms with Gasteiger partial charge in [0.25, 0.3) is 5.88 Å². The SMILES string of the molecule is CC(Cc1ccccc1)N1C=C(/N=C(/N=Nc2ccccc2)N(C)C)ON1.Cl. The summed E-state index contributed by atoms with van der Waals surface area (Å²) in [4.78, 5) is 11.7. The number of nitrogens with zero attached hydrogens (tertiary/aromatic N) is 5. The third kappa shape index (κ3) is 6.07. The Morgan fingerprint density at radius 2 is 1.71 bits per heavy atom. The first-order valence-electron chi connectivity index (χ1n) is 8.81. The van der Waals surface area contributed by atoms with Gasteiger partial charge in [-0.3, -0.25) is 5.01 Å². The van der Waals surface area contributed by atoms with Crippen LogP contribution < -0.4 is 5.59 Å². The van der Waals surface area contributed by atoms with E-state index in [1.165, 1.54) is 5.56 Å². The van der Waals surface area contributed by atoms with E-state index in [4.69, 9.17) is 4.84 Å². The van der Waals surface area contributed by atoms with Crippen LogP contribution in [0.5, 0.6) is 0 Å². The van der Waals surface area contributed by atoms with Crippen LogP contribution >= 0.6 is 12.4 Å². The fraction of sp³-hybridized carbons (Fsp3) is 0.250. The van der Waals surface area contributed by atoms with Crippen molar-refractivity contribution in [1.29, 1.82) is 0 Å². The Hall–Kier alpha value is -2.90. The van der Waals surface area contributed by atoms with Gasteiger partial charge in [0.1, 0.15) is 0 Å². The number of hydrogen-bond donors (Lipinski definition) is 1. The molecule has 1 atom stereocenters. The van der Waals surface area contributed by atoms with Crippen LogP contribution in [0.25, 0.3) is 0 Å². The van der Waals surface area contributed by atoms with Crippen LogP contribution in [0.1, 0.15) is 12.5 Å². The molecular weight excluding hydrogens is 376 g/mol. The summed E-state index contributed by atoms with van der Waals surface area (Å²) in [5.41, 5.74) is 4.92. The molecule has 0 fully saturated rings. The first kappa shape index (κ1) is 21.4. The second-order valence-electron chi connectivity index (χ2n) is 6.45. The number of azo groups is 1. The predicted octanol–water partition coefficient (Wildman–Crippen LogP) is 4.29. The predicted molar refractivity (Wildman–Crippen MR) is 113 cm³/mol. The Morgan fingerprint density at radius 3 is 2.36 bits per heavy atom. The van der Waals surface area contributed by atoms with E-state index < -0.39 is 0 Å². The van der Waals surface area contributed by atoms with Gasteiger partial charge in [-0.1, -0.05) is 54.1 Å². The Kier molecular flexibility index (Phi) is 7.98. The van der Waals surface area contributed by atoms with Crippen LogP contribution in [0.15, 0.2) is 88.0 Å². The molecular formula is C20H25ClN6O. The lowest BCUT2D eigenvalue weighted by Gasteiger charge is -2.21. The fourth-order valence-corrected chi connectivity index (χ4v) is 2.50. The molecule has 1 aliphatic rings. The second-order valence-corrected chi connectivity index (χ2v) is 6.45. The van der Waals surface area contributed by atoms with Gasteiger partial charge in [-0.2, -0.15) is 4.99 Å². The minimum atomic E-state index is 0. The number of hydrazine groups is 1. The van der Waals surface area contributed by atoms with E-state index in [0.717, 1.165) is 12.1 Å². The fourth-order valence-electron chi connectivity index (χ4n) is 2.50. The highest BCUT2D eigenvalue weighted by Crippen LogP contribution is 2.16. The summed E-state index contributed by atoms with van der Waals surface area (Å²) in [5.74, 6) is 0.884. The molecule has 0 radical (unpaired) electrons. The standard InChI is InChI=1S/C20H24N6O.ClH/c1-16(14-17-10-6-4-7-11-17)26-15-19(27-24-26)21-20(25(2)3)23-22-18-12-8-5-9-13-18;/h4-13,15-16,24H,14H2,1-3H3;1H/b21-20-,23-22?;. The lowest BCUT2D eigenvalue weighted by atomic mass is 10.1. The Labute approximate surface area is 171 Å². The molecule has 0 aliphatic carbocycles. The minimum Gasteiger partial charge on any atom is -0.367 e. The smallest absolute Gasteiger partial charge is 0.261 e. The number of benzene rings is 2. The Morgan fingerprint density at radius 1 is 1.07 bits per heavy atom. The van der Waals surface area contributed by atoms with Crippen molar-refractivity contribution >= 4 is 24.1 Å². The zero-order valence-corrected chi connectivity index (χ0v) is 17.0. The van der Waals surface area contributed by atoms with Gasteiger partial charge in [-0.05, 0) is 31.0 Å². The van der Waals surface area contributed by atoms with Crippen molar-refractivity contribution < 1.29 is 4.84 Å². The normalized spacial score (nSPS) is 15.0. The third-order valence-corrected chi connectivity index (χ3v) is 3.98. The molecule has 28 heavy (non-hydrogen) atoms. The number of guanidine groups is 1. The molecule has 1 N–H and O–H groups in total. The topological polar surface area (TPSA) is 64.8 Å². The number of rotatable bonds is 5. The molecule has 0 saturated carbocycles. The number of aliphatic imine (C=N–C) groups is 1. The summed E-state index contributed by atoms with van der Waals surface area (Å²) >= 11 is 0. The highest BCUT2D eigenvalue weighted by atomic mass is 35.5. The molecule has 2 aromatic rings. The molecule has 1 unspecified atom stereocenters. The zero-order valence-electron chi connectivity index (χ0n) is 16.2. The van der Waals surface area contributed by atoms with Gasteiger partial charge in [0.2, 0.25) is 5.96 Å². The van der Waals surface area contributed by atoms with Crippen LogP contribution in [0.4, 0.5) is 5.69 Å². The van der Waals surface area contributed by atoms with E-state index in [1.807, 2.05) is 73.8 Å². The summed E-state index contributed by atoms with van der Waals surface area (Å²) in [6.45, 7) is 2.12. The van der Waals surface area contributed by atoms with Gasteiger partial charge in [0.05, 0.1) is 11.9 Å². The summed E-state index contributed by atoms with van der Waals surface area (Å²) in [6, 6.07) is 20.1. The molecule has 0 saturated heterocycles. The Bertz CT molecular complexity index is 823. The van der Waals surface area contributed by atoms with Gasteiger partial charge < -0.3 is 9.74 Å². The molecule has 148 valence electrons. The first-order valence-corrected chi connectivity index (χ1v) is 8.81. The molecule has 2 aromatic carbocycles. The largest absolute Gasteiger partial charge is 0.367 e. The van der Waals surface area contributed by atoms with E-state index in [1.54, 1.807) is 4.90 Å². The van der Waals surface area contributed by atoms with Crippen molar-refractivity contribution in [2.45, 2.75) is 19.4 Å². The van der Waals surface area contributed by atoms with E-state index in [9.17, 15) is 0 Å². The van der Waals surface area contributed by atoms with Crippen molar-refractivity contribution in [1.82, 2.24) is 15.5 Å². The maximum atomic E-state index is 5.48. The second kappa shape index (κ2) is 10.4. The van der Waals surface area contributed by atoms with Crippen LogP contribution in [-0.4, -0.2) is 36.0 Å². The van der Waals surface area contributed by atoms with Gasteiger partial charge >= 0.3 is 0 Å². The third-order valence-electron chi connectivity index (χ3n) is 3.98. The molecule has 7 nitrogen and oxygen atoms in total. The maximum Gasteiger partial charge on any atom is 0.261 e. The average Bonchev–Trinajstić information content (AvgIpc) is 3.15. The van der Waals surface area contributed by atoms with Crippen molar-refractivity contribution in [2.24, 2.45) is 15.2 Å². The number of halogens is 1. The van der Waals surface area contributed by atoms with Gasteiger partial charge in [0.15, 0.2) is 0 Å². The van der Waals surface area contributed by atoms with E-state index >= 15 is 0 Å². The lowest BCUT2D eigenvalue weighted by molar-refractivity contribution is 0.00201.